The smallest absolute Gasteiger partial charge is 0.325 e. The fourth-order valence-electron chi connectivity index (χ4n) is 4.15. The van der Waals surface area contributed by atoms with Gasteiger partial charge in [-0.25, -0.2) is 9.69 Å². The van der Waals surface area contributed by atoms with Crippen LogP contribution in [0.4, 0.5) is 10.5 Å². The number of benzene rings is 3. The third kappa shape index (κ3) is 4.87. The predicted octanol–water partition coefficient (Wildman–Crippen LogP) is 4.08. The van der Waals surface area contributed by atoms with E-state index in [1.165, 1.54) is 0 Å². The Morgan fingerprint density at radius 2 is 1.69 bits per heavy atom. The van der Waals surface area contributed by atoms with Crippen molar-refractivity contribution < 1.29 is 19.1 Å². The maximum absolute atomic E-state index is 13.5. The third-order valence-electron chi connectivity index (χ3n) is 6.08. The quantitative estimate of drug-likeness (QED) is 0.405. The first-order valence-electron chi connectivity index (χ1n) is 11.1. The Bertz CT molecular complexity index is 1260. The summed E-state index contributed by atoms with van der Waals surface area (Å²) in [5.74, 6) is 1.72. The molecule has 1 unspecified atom stereocenters. The topological polar surface area (TPSA) is 87.7 Å². The van der Waals surface area contributed by atoms with Gasteiger partial charge in [0.15, 0.2) is 0 Å². The molecule has 1 aliphatic rings. The van der Waals surface area contributed by atoms with Crippen LogP contribution in [-0.4, -0.2) is 35.9 Å². The molecule has 4 rings (SSSR count). The van der Waals surface area contributed by atoms with E-state index in [1.807, 2.05) is 37.3 Å². The van der Waals surface area contributed by atoms with Gasteiger partial charge in [0.2, 0.25) is 5.91 Å². The van der Waals surface area contributed by atoms with E-state index >= 15 is 0 Å². The number of nitrogens with zero attached hydrogens (tertiary/aromatic N) is 1. The number of carbonyl (C=O) groups excluding carboxylic acids is 3. The van der Waals surface area contributed by atoms with Gasteiger partial charge < -0.3 is 15.4 Å². The van der Waals surface area contributed by atoms with Crippen LogP contribution in [0, 0.1) is 12.3 Å². The minimum Gasteiger partial charge on any atom is -0.497 e. The van der Waals surface area contributed by atoms with Gasteiger partial charge in [-0.2, -0.15) is 0 Å². The Balaban J connectivity index is 1.66. The van der Waals surface area contributed by atoms with E-state index in [1.54, 1.807) is 55.6 Å². The van der Waals surface area contributed by atoms with Crippen LogP contribution < -0.4 is 15.4 Å². The van der Waals surface area contributed by atoms with E-state index in [4.69, 9.17) is 11.2 Å². The van der Waals surface area contributed by atoms with E-state index in [-0.39, 0.29) is 0 Å². The van der Waals surface area contributed by atoms with E-state index in [0.29, 0.717) is 22.6 Å². The Morgan fingerprint density at radius 1 is 1.03 bits per heavy atom. The summed E-state index contributed by atoms with van der Waals surface area (Å²) >= 11 is 0. The van der Waals surface area contributed by atoms with Crippen molar-refractivity contribution in [3.8, 4) is 18.1 Å². The average Bonchev–Trinajstić information content (AvgIpc) is 3.18. The molecular weight excluding hydrogens is 442 g/mol. The number of nitrogens with one attached hydrogen (secondary N) is 2. The Kier molecular flexibility index (Phi) is 6.83. The number of urea groups is 1. The van der Waals surface area contributed by atoms with Gasteiger partial charge in [-0.3, -0.25) is 9.59 Å². The number of methoxy groups -OCH3 is 1. The van der Waals surface area contributed by atoms with Crippen molar-refractivity contribution in [2.24, 2.45) is 0 Å². The molecule has 0 aliphatic carbocycles. The van der Waals surface area contributed by atoms with E-state index < -0.39 is 35.8 Å². The highest BCUT2D eigenvalue weighted by Gasteiger charge is 2.47. The highest BCUT2D eigenvalue weighted by molar-refractivity contribution is 6.09. The Hall–Kier alpha value is -4.57. The summed E-state index contributed by atoms with van der Waals surface area (Å²) in [5, 5.41) is 5.56. The number of anilines is 1. The maximum atomic E-state index is 13.5. The summed E-state index contributed by atoms with van der Waals surface area (Å²) in [7, 11) is 1.55. The lowest BCUT2D eigenvalue weighted by Gasteiger charge is -2.30. The maximum Gasteiger partial charge on any atom is 0.325 e. The van der Waals surface area contributed by atoms with Crippen LogP contribution in [0.15, 0.2) is 78.9 Å². The fraction of sp³-hybridized carbons (Fsp3) is 0.179. The summed E-state index contributed by atoms with van der Waals surface area (Å²) in [6.07, 6.45) is 5.41. The zero-order valence-corrected chi connectivity index (χ0v) is 19.4. The molecule has 3 atom stereocenters. The fourth-order valence-corrected chi connectivity index (χ4v) is 4.15. The van der Waals surface area contributed by atoms with Gasteiger partial charge >= 0.3 is 6.03 Å². The van der Waals surface area contributed by atoms with Gasteiger partial charge in [0.25, 0.3) is 5.91 Å². The number of hydrogen-bond donors (Lipinski definition) is 2. The molecule has 2 N–H and O–H groups in total. The van der Waals surface area contributed by atoms with Crippen molar-refractivity contribution in [1.82, 2.24) is 10.2 Å². The van der Waals surface area contributed by atoms with Crippen LogP contribution >= 0.6 is 0 Å². The second-order valence-corrected chi connectivity index (χ2v) is 8.22. The lowest BCUT2D eigenvalue weighted by atomic mass is 9.91. The highest BCUT2D eigenvalue weighted by atomic mass is 16.5. The van der Waals surface area contributed by atoms with Crippen LogP contribution in [0.3, 0.4) is 0 Å². The summed E-state index contributed by atoms with van der Waals surface area (Å²) in [5.41, 5.74) is 2.61. The molecule has 1 saturated heterocycles. The van der Waals surface area contributed by atoms with Gasteiger partial charge in [-0.1, -0.05) is 55.3 Å². The zero-order valence-electron chi connectivity index (χ0n) is 19.4. The summed E-state index contributed by atoms with van der Waals surface area (Å²) in [4.78, 5) is 41.1. The van der Waals surface area contributed by atoms with Crippen molar-refractivity contribution in [3.05, 3.63) is 95.6 Å². The molecule has 0 saturated carbocycles. The zero-order chi connectivity index (χ0) is 24.9. The monoisotopic (exact) mass is 467 g/mol. The van der Waals surface area contributed by atoms with Gasteiger partial charge in [-0.15, -0.1) is 6.42 Å². The van der Waals surface area contributed by atoms with Crippen molar-refractivity contribution in [3.63, 3.8) is 0 Å². The Labute approximate surface area is 204 Å². The van der Waals surface area contributed by atoms with Crippen LogP contribution in [0.2, 0.25) is 0 Å². The SMILES string of the molecule is C#Cc1ccc(NC(=O)C([C@@H](C)c2ccccc2)N2C(=O)N[C@H](c3ccc(OC)cc3)C2=O)cc1. The molecule has 3 aromatic carbocycles. The van der Waals surface area contributed by atoms with Crippen molar-refractivity contribution >= 4 is 23.5 Å². The first kappa shape index (κ1) is 23.6. The minimum atomic E-state index is -1.08. The molecule has 35 heavy (non-hydrogen) atoms. The summed E-state index contributed by atoms with van der Waals surface area (Å²) in [6, 6.07) is 20.3. The third-order valence-corrected chi connectivity index (χ3v) is 6.08. The normalized spacial score (nSPS) is 16.7. The summed E-state index contributed by atoms with van der Waals surface area (Å²) in [6.45, 7) is 1.82. The molecular formula is C28H25N3O4. The largest absolute Gasteiger partial charge is 0.497 e. The molecule has 1 aliphatic heterocycles. The molecule has 176 valence electrons. The molecule has 1 fully saturated rings. The highest BCUT2D eigenvalue weighted by Crippen LogP contribution is 2.31. The van der Waals surface area contributed by atoms with Gasteiger partial charge in [0.05, 0.1) is 7.11 Å². The molecule has 7 heteroatoms. The molecule has 3 aromatic rings. The standard InChI is InChI=1S/C28H25N3O4/c1-4-19-10-14-22(15-11-19)29-26(32)25(18(2)20-8-6-5-7-9-20)31-27(33)24(30-28(31)34)21-12-16-23(35-3)17-13-21/h1,5-18,24-25H,2-3H3,(H,29,32)(H,30,34)/t18-,24+,25?/m0/s1. The number of ether oxygens (including phenoxy) is 1. The lowest BCUT2D eigenvalue weighted by Crippen LogP contribution is -2.50. The van der Waals surface area contributed by atoms with Crippen LogP contribution in [0.5, 0.6) is 5.75 Å². The number of carbonyl (C=O) groups is 3. The molecule has 4 amide bonds. The number of rotatable bonds is 7. The summed E-state index contributed by atoms with van der Waals surface area (Å²) < 4.78 is 5.18. The van der Waals surface area contributed by atoms with Crippen molar-refractivity contribution in [2.75, 3.05) is 12.4 Å². The van der Waals surface area contributed by atoms with Crippen molar-refractivity contribution in [1.29, 1.82) is 0 Å². The first-order chi connectivity index (χ1) is 16.9. The number of imide groups is 1. The Morgan fingerprint density at radius 3 is 2.29 bits per heavy atom. The second kappa shape index (κ2) is 10.1. The van der Waals surface area contributed by atoms with Crippen LogP contribution in [-0.2, 0) is 9.59 Å². The molecule has 7 nitrogen and oxygen atoms in total. The van der Waals surface area contributed by atoms with Crippen LogP contribution in [0.1, 0.15) is 35.6 Å². The lowest BCUT2D eigenvalue weighted by molar-refractivity contribution is -0.134. The van der Waals surface area contributed by atoms with Crippen molar-refractivity contribution in [2.45, 2.75) is 24.9 Å². The predicted molar refractivity (Wildman–Crippen MR) is 133 cm³/mol. The van der Waals surface area contributed by atoms with E-state index in [9.17, 15) is 14.4 Å². The van der Waals surface area contributed by atoms with Crippen LogP contribution in [0.25, 0.3) is 0 Å². The van der Waals surface area contributed by atoms with Gasteiger partial charge in [0.1, 0.15) is 17.8 Å². The van der Waals surface area contributed by atoms with E-state index in [2.05, 4.69) is 16.6 Å². The number of hydrogen-bond acceptors (Lipinski definition) is 4. The van der Waals surface area contributed by atoms with Gasteiger partial charge in [0, 0.05) is 17.2 Å². The first-order valence-corrected chi connectivity index (χ1v) is 11.1. The van der Waals surface area contributed by atoms with Gasteiger partial charge in [-0.05, 0) is 47.5 Å². The molecule has 0 bridgehead atoms. The number of terminal acetylenes is 1. The number of amides is 4. The van der Waals surface area contributed by atoms with E-state index in [0.717, 1.165) is 10.5 Å². The molecule has 0 radical (unpaired) electrons. The molecule has 1 heterocycles. The average molecular weight is 468 g/mol. The molecule has 0 spiro atoms. The second-order valence-electron chi connectivity index (χ2n) is 8.22. The molecule has 0 aromatic heterocycles. The minimum absolute atomic E-state index is 0.467.